The number of hydrogen-bond acceptors (Lipinski definition) is 9. The van der Waals surface area contributed by atoms with Gasteiger partial charge in [0, 0.05) is 36.9 Å². The second-order valence-corrected chi connectivity index (χ2v) is 16.4. The molecular formula is C32H35N5O6S3. The summed E-state index contributed by atoms with van der Waals surface area (Å²) >= 11 is 1.21. The van der Waals surface area contributed by atoms with Crippen molar-refractivity contribution in [2.24, 2.45) is 0 Å². The van der Waals surface area contributed by atoms with Crippen LogP contribution in [0.15, 0.2) is 88.9 Å². The first-order valence-corrected chi connectivity index (χ1v) is 19.2. The topological polar surface area (TPSA) is 132 Å². The fourth-order valence-corrected chi connectivity index (χ4v) is 9.72. The Bertz CT molecular complexity index is 1910. The van der Waals surface area contributed by atoms with Gasteiger partial charge in [0.25, 0.3) is 0 Å². The molecule has 11 nitrogen and oxygen atoms in total. The van der Waals surface area contributed by atoms with E-state index in [9.17, 15) is 21.6 Å². The molecule has 1 amide bonds. The fourth-order valence-electron chi connectivity index (χ4n) is 5.72. The number of carbonyl (C=O) groups excluding carboxylic acids is 1. The number of ether oxygens (including phenoxy) is 1. The molecule has 0 bridgehead atoms. The Morgan fingerprint density at radius 1 is 1.00 bits per heavy atom. The largest absolute Gasteiger partial charge is 0.379 e. The van der Waals surface area contributed by atoms with E-state index in [1.807, 2.05) is 72.2 Å². The molecule has 3 heterocycles. The molecule has 6 rings (SSSR count). The first-order chi connectivity index (χ1) is 22.1. The van der Waals surface area contributed by atoms with E-state index in [1.54, 1.807) is 23.1 Å². The van der Waals surface area contributed by atoms with Crippen molar-refractivity contribution in [1.82, 2.24) is 24.0 Å². The number of carbonyl (C=O) groups is 1. The van der Waals surface area contributed by atoms with Gasteiger partial charge in [-0.25, -0.2) is 16.8 Å². The number of benzene rings is 3. The van der Waals surface area contributed by atoms with E-state index >= 15 is 0 Å². The third kappa shape index (κ3) is 7.05. The molecule has 3 aromatic carbocycles. The lowest BCUT2D eigenvalue weighted by atomic mass is 10.1. The van der Waals surface area contributed by atoms with Gasteiger partial charge in [0.1, 0.15) is 0 Å². The van der Waals surface area contributed by atoms with Crippen LogP contribution in [0.25, 0.3) is 17.1 Å². The number of rotatable bonds is 10. The van der Waals surface area contributed by atoms with Crippen molar-refractivity contribution in [3.63, 3.8) is 0 Å². The maximum atomic E-state index is 13.8. The fraction of sp³-hybridized carbons (Fsp3) is 0.344. The summed E-state index contributed by atoms with van der Waals surface area (Å²) in [6, 6.07) is 23.6. The van der Waals surface area contributed by atoms with Crippen molar-refractivity contribution in [3.05, 3.63) is 90.0 Å². The predicted molar refractivity (Wildman–Crippen MR) is 176 cm³/mol. The highest BCUT2D eigenvalue weighted by atomic mass is 32.2. The second kappa shape index (κ2) is 13.7. The Hall–Kier alpha value is -3.56. The average molecular weight is 682 g/mol. The molecular weight excluding hydrogens is 647 g/mol. The lowest BCUT2D eigenvalue weighted by molar-refractivity contribution is -0.130. The van der Waals surface area contributed by atoms with E-state index in [0.29, 0.717) is 42.7 Å². The number of para-hydroxylation sites is 1. The molecule has 46 heavy (non-hydrogen) atoms. The Kier molecular flexibility index (Phi) is 9.62. The molecule has 242 valence electrons. The lowest BCUT2D eigenvalue weighted by Gasteiger charge is -2.28. The van der Waals surface area contributed by atoms with Crippen molar-refractivity contribution in [3.8, 4) is 17.1 Å². The summed E-state index contributed by atoms with van der Waals surface area (Å²) in [5.41, 5.74) is 3.09. The van der Waals surface area contributed by atoms with Gasteiger partial charge in [0.2, 0.25) is 15.9 Å². The standard InChI is InChI=1S/C32H35N5O6S3/c1-24-12-13-28(46(41,42)35-15-17-43-18-16-35)20-29(24)31-33-34-32(37(31)26-10-6-3-7-11-26)44-22-30(38)36(21-25-8-4-2-5-9-25)27-14-19-45(39,40)23-27/h2-13,20,27H,14-19,21-23H2,1H3. The van der Waals surface area contributed by atoms with Gasteiger partial charge in [-0.05, 0) is 48.7 Å². The second-order valence-electron chi connectivity index (χ2n) is 11.3. The number of morpholine rings is 1. The zero-order valence-electron chi connectivity index (χ0n) is 25.4. The van der Waals surface area contributed by atoms with Crippen LogP contribution in [0.1, 0.15) is 17.5 Å². The van der Waals surface area contributed by atoms with Crippen LogP contribution in [0.2, 0.25) is 0 Å². The van der Waals surface area contributed by atoms with Crippen LogP contribution in [-0.2, 0) is 35.9 Å². The number of hydrogen-bond donors (Lipinski definition) is 0. The number of aromatic nitrogens is 3. The van der Waals surface area contributed by atoms with Gasteiger partial charge >= 0.3 is 0 Å². The highest BCUT2D eigenvalue weighted by Crippen LogP contribution is 2.32. The van der Waals surface area contributed by atoms with Crippen molar-refractivity contribution in [2.75, 3.05) is 43.6 Å². The van der Waals surface area contributed by atoms with Crippen molar-refractivity contribution < 1.29 is 26.4 Å². The highest BCUT2D eigenvalue weighted by molar-refractivity contribution is 7.99. The molecule has 2 aliphatic rings. The van der Waals surface area contributed by atoms with E-state index < -0.39 is 25.9 Å². The predicted octanol–water partition coefficient (Wildman–Crippen LogP) is 3.57. The molecule has 4 aromatic rings. The van der Waals surface area contributed by atoms with Gasteiger partial charge < -0.3 is 9.64 Å². The Morgan fingerprint density at radius 3 is 2.37 bits per heavy atom. The molecule has 0 radical (unpaired) electrons. The molecule has 1 aromatic heterocycles. The average Bonchev–Trinajstić information content (AvgIpc) is 3.66. The molecule has 14 heteroatoms. The van der Waals surface area contributed by atoms with Gasteiger partial charge in [-0.3, -0.25) is 9.36 Å². The molecule has 0 spiro atoms. The van der Waals surface area contributed by atoms with E-state index in [1.165, 1.54) is 16.1 Å². The number of sulfonamides is 1. The van der Waals surface area contributed by atoms with Crippen molar-refractivity contribution in [1.29, 1.82) is 0 Å². The third-order valence-corrected chi connectivity index (χ3v) is 12.8. The molecule has 2 fully saturated rings. The molecule has 2 saturated heterocycles. The Morgan fingerprint density at radius 2 is 1.70 bits per heavy atom. The van der Waals surface area contributed by atoms with E-state index in [-0.39, 0.29) is 41.2 Å². The van der Waals surface area contributed by atoms with Crippen LogP contribution in [-0.4, -0.2) is 96.3 Å². The van der Waals surface area contributed by atoms with Crippen LogP contribution in [0.4, 0.5) is 0 Å². The van der Waals surface area contributed by atoms with Gasteiger partial charge in [0.15, 0.2) is 20.8 Å². The van der Waals surface area contributed by atoms with Crippen LogP contribution >= 0.6 is 11.8 Å². The number of aryl methyl sites for hydroxylation is 1. The van der Waals surface area contributed by atoms with Gasteiger partial charge in [0.05, 0.1) is 35.4 Å². The van der Waals surface area contributed by atoms with E-state index in [2.05, 4.69) is 10.2 Å². The van der Waals surface area contributed by atoms with E-state index in [0.717, 1.165) is 16.8 Å². The number of sulfone groups is 1. The summed E-state index contributed by atoms with van der Waals surface area (Å²) in [5, 5.41) is 9.42. The van der Waals surface area contributed by atoms with Gasteiger partial charge in [-0.1, -0.05) is 66.4 Å². The molecule has 0 N–H and O–H groups in total. The van der Waals surface area contributed by atoms with Crippen molar-refractivity contribution >= 4 is 37.5 Å². The monoisotopic (exact) mass is 681 g/mol. The zero-order valence-corrected chi connectivity index (χ0v) is 27.8. The summed E-state index contributed by atoms with van der Waals surface area (Å²) in [5.74, 6) is 0.271. The van der Waals surface area contributed by atoms with Crippen LogP contribution in [0.5, 0.6) is 0 Å². The molecule has 1 atom stereocenters. The van der Waals surface area contributed by atoms with Crippen LogP contribution in [0, 0.1) is 6.92 Å². The zero-order chi connectivity index (χ0) is 32.3. The lowest BCUT2D eigenvalue weighted by Crippen LogP contribution is -2.41. The minimum atomic E-state index is -3.76. The van der Waals surface area contributed by atoms with Gasteiger partial charge in [-0.15, -0.1) is 10.2 Å². The maximum Gasteiger partial charge on any atom is 0.243 e. The normalized spacial score (nSPS) is 18.4. The number of thioether (sulfide) groups is 1. The maximum absolute atomic E-state index is 13.8. The third-order valence-electron chi connectivity index (χ3n) is 8.20. The summed E-state index contributed by atoms with van der Waals surface area (Å²) in [7, 11) is -6.96. The minimum Gasteiger partial charge on any atom is -0.379 e. The smallest absolute Gasteiger partial charge is 0.243 e. The van der Waals surface area contributed by atoms with Crippen molar-refractivity contribution in [2.45, 2.75) is 36.0 Å². The first-order valence-electron chi connectivity index (χ1n) is 15.0. The summed E-state index contributed by atoms with van der Waals surface area (Å²) in [4.78, 5) is 15.6. The molecule has 2 aliphatic heterocycles. The Balaban J connectivity index is 1.32. The molecule has 1 unspecified atom stereocenters. The molecule has 0 aliphatic carbocycles. The first kappa shape index (κ1) is 32.4. The minimum absolute atomic E-state index is 0.0127. The van der Waals surface area contributed by atoms with Gasteiger partial charge in [-0.2, -0.15) is 4.31 Å². The van der Waals surface area contributed by atoms with E-state index in [4.69, 9.17) is 4.74 Å². The van der Waals surface area contributed by atoms with Crippen LogP contribution < -0.4 is 0 Å². The summed E-state index contributed by atoms with van der Waals surface area (Å²) in [6.45, 7) is 3.46. The Labute approximate surface area is 273 Å². The molecule has 0 saturated carbocycles. The number of amides is 1. The summed E-state index contributed by atoms with van der Waals surface area (Å²) in [6.07, 6.45) is 0.402. The highest BCUT2D eigenvalue weighted by Gasteiger charge is 2.35. The number of nitrogens with zero attached hydrogens (tertiary/aromatic N) is 5. The summed E-state index contributed by atoms with van der Waals surface area (Å²) < 4.78 is 60.3. The van der Waals surface area contributed by atoms with Crippen LogP contribution in [0.3, 0.4) is 0 Å². The SMILES string of the molecule is Cc1ccc(S(=O)(=O)N2CCOCC2)cc1-c1nnc(SCC(=O)N(Cc2ccccc2)C2CCS(=O)(=O)C2)n1-c1ccccc1. The quantitative estimate of drug-likeness (QED) is 0.231.